The van der Waals surface area contributed by atoms with Gasteiger partial charge in [0.25, 0.3) is 5.91 Å². The number of carbonyl (C=O) groups excluding carboxylic acids is 1. The van der Waals surface area contributed by atoms with E-state index in [1.54, 1.807) is 25.3 Å². The van der Waals surface area contributed by atoms with Crippen molar-refractivity contribution in [1.29, 1.82) is 0 Å². The highest BCUT2D eigenvalue weighted by Gasteiger charge is 2.08. The van der Waals surface area contributed by atoms with Crippen molar-refractivity contribution in [2.24, 2.45) is 0 Å². The van der Waals surface area contributed by atoms with Crippen LogP contribution < -0.4 is 10.6 Å². The smallest absolute Gasteiger partial charge is 0.255 e. The molecule has 6 heteroatoms. The zero-order valence-electron chi connectivity index (χ0n) is 12.0. The van der Waals surface area contributed by atoms with Gasteiger partial charge >= 0.3 is 0 Å². The second kappa shape index (κ2) is 8.03. The van der Waals surface area contributed by atoms with Crippen LogP contribution in [0.25, 0.3) is 0 Å². The highest BCUT2D eigenvalue weighted by Crippen LogP contribution is 2.23. The van der Waals surface area contributed by atoms with Crippen LogP contribution in [0.1, 0.15) is 10.4 Å². The zero-order valence-corrected chi connectivity index (χ0v) is 13.5. The molecule has 2 aromatic carbocycles. The summed E-state index contributed by atoms with van der Waals surface area (Å²) >= 11 is 11.7. The highest BCUT2D eigenvalue weighted by atomic mass is 35.5. The van der Waals surface area contributed by atoms with Gasteiger partial charge in [-0.05, 0) is 42.5 Å². The molecule has 0 aliphatic carbocycles. The number of rotatable bonds is 6. The Balaban J connectivity index is 1.97. The second-order valence-corrected chi connectivity index (χ2v) is 5.39. The van der Waals surface area contributed by atoms with E-state index < -0.39 is 0 Å². The first-order valence-corrected chi connectivity index (χ1v) is 7.45. The van der Waals surface area contributed by atoms with Gasteiger partial charge < -0.3 is 15.4 Å². The van der Waals surface area contributed by atoms with E-state index in [0.29, 0.717) is 27.9 Å². The fourth-order valence-corrected chi connectivity index (χ4v) is 2.11. The number of amides is 1. The molecule has 0 saturated carbocycles. The molecule has 0 fully saturated rings. The van der Waals surface area contributed by atoms with Gasteiger partial charge in [-0.3, -0.25) is 4.79 Å². The van der Waals surface area contributed by atoms with E-state index in [2.05, 4.69) is 10.6 Å². The molecule has 4 nitrogen and oxygen atoms in total. The number of halogens is 2. The molecule has 0 saturated heterocycles. The maximum absolute atomic E-state index is 12.1. The third-order valence-electron chi connectivity index (χ3n) is 2.96. The summed E-state index contributed by atoms with van der Waals surface area (Å²) in [6, 6.07) is 12.2. The van der Waals surface area contributed by atoms with Crippen molar-refractivity contribution >= 4 is 40.5 Å². The average molecular weight is 339 g/mol. The highest BCUT2D eigenvalue weighted by molar-refractivity contribution is 6.42. The van der Waals surface area contributed by atoms with Gasteiger partial charge in [0, 0.05) is 30.6 Å². The number of ether oxygens (including phenoxy) is 1. The van der Waals surface area contributed by atoms with Crippen molar-refractivity contribution in [3.8, 4) is 0 Å². The largest absolute Gasteiger partial charge is 0.383 e. The number of hydrogen-bond acceptors (Lipinski definition) is 3. The third-order valence-corrected chi connectivity index (χ3v) is 3.70. The molecule has 1 amide bonds. The monoisotopic (exact) mass is 338 g/mol. The number of benzene rings is 2. The summed E-state index contributed by atoms with van der Waals surface area (Å²) in [7, 11) is 1.66. The van der Waals surface area contributed by atoms with Gasteiger partial charge in [-0.15, -0.1) is 0 Å². The van der Waals surface area contributed by atoms with Crippen molar-refractivity contribution in [3.63, 3.8) is 0 Å². The summed E-state index contributed by atoms with van der Waals surface area (Å²) in [5, 5.41) is 6.78. The Morgan fingerprint density at radius 3 is 2.36 bits per heavy atom. The SMILES string of the molecule is COCCNc1ccc(NC(=O)c2ccc(Cl)c(Cl)c2)cc1. The van der Waals surface area contributed by atoms with Crippen LogP contribution in [0.2, 0.25) is 10.0 Å². The lowest BCUT2D eigenvalue weighted by atomic mass is 10.2. The van der Waals surface area contributed by atoms with Crippen molar-refractivity contribution < 1.29 is 9.53 Å². The Morgan fingerprint density at radius 2 is 1.73 bits per heavy atom. The lowest BCUT2D eigenvalue weighted by Crippen LogP contribution is -2.12. The molecule has 0 aliphatic heterocycles. The molecular weight excluding hydrogens is 323 g/mol. The third kappa shape index (κ3) is 4.63. The molecule has 0 aromatic heterocycles. The van der Waals surface area contributed by atoms with E-state index in [0.717, 1.165) is 12.2 Å². The predicted molar refractivity (Wildman–Crippen MR) is 91.2 cm³/mol. The Kier molecular flexibility index (Phi) is 6.07. The minimum Gasteiger partial charge on any atom is -0.383 e. The average Bonchev–Trinajstić information content (AvgIpc) is 2.52. The van der Waals surface area contributed by atoms with Gasteiger partial charge in [0.2, 0.25) is 0 Å². The molecule has 0 atom stereocenters. The molecule has 22 heavy (non-hydrogen) atoms. The van der Waals surface area contributed by atoms with Crippen molar-refractivity contribution in [3.05, 3.63) is 58.1 Å². The first-order valence-electron chi connectivity index (χ1n) is 6.69. The Hall–Kier alpha value is -1.75. The Morgan fingerprint density at radius 1 is 1.05 bits per heavy atom. The first-order chi connectivity index (χ1) is 10.6. The number of nitrogens with one attached hydrogen (secondary N) is 2. The molecule has 0 heterocycles. The fraction of sp³-hybridized carbons (Fsp3) is 0.188. The molecule has 0 spiro atoms. The quantitative estimate of drug-likeness (QED) is 0.772. The van der Waals surface area contributed by atoms with Crippen LogP contribution in [0.4, 0.5) is 11.4 Å². The topological polar surface area (TPSA) is 50.4 Å². The minimum atomic E-state index is -0.237. The molecule has 2 N–H and O–H groups in total. The number of carbonyl (C=O) groups is 1. The van der Waals surface area contributed by atoms with Gasteiger partial charge in [-0.2, -0.15) is 0 Å². The summed E-state index contributed by atoms with van der Waals surface area (Å²) in [5.74, 6) is -0.237. The normalized spacial score (nSPS) is 10.3. The van der Waals surface area contributed by atoms with Gasteiger partial charge in [-0.1, -0.05) is 23.2 Å². The summed E-state index contributed by atoms with van der Waals surface area (Å²) in [6.45, 7) is 1.36. The van der Waals surface area contributed by atoms with E-state index >= 15 is 0 Å². The summed E-state index contributed by atoms with van der Waals surface area (Å²) < 4.78 is 4.97. The number of methoxy groups -OCH3 is 1. The standard InChI is InChI=1S/C16H16Cl2N2O2/c1-22-9-8-19-12-3-5-13(6-4-12)20-16(21)11-2-7-14(17)15(18)10-11/h2-7,10,19H,8-9H2,1H3,(H,20,21). The maximum Gasteiger partial charge on any atom is 0.255 e. The summed E-state index contributed by atoms with van der Waals surface area (Å²) in [4.78, 5) is 12.1. The van der Waals surface area contributed by atoms with E-state index in [9.17, 15) is 4.79 Å². The summed E-state index contributed by atoms with van der Waals surface area (Å²) in [6.07, 6.45) is 0. The Bertz CT molecular complexity index is 645. The van der Waals surface area contributed by atoms with E-state index in [1.807, 2.05) is 24.3 Å². The second-order valence-electron chi connectivity index (χ2n) is 4.58. The molecule has 116 valence electrons. The van der Waals surface area contributed by atoms with Crippen LogP contribution >= 0.6 is 23.2 Å². The number of hydrogen-bond donors (Lipinski definition) is 2. The van der Waals surface area contributed by atoms with Crippen LogP contribution in [0.3, 0.4) is 0 Å². The lowest BCUT2D eigenvalue weighted by Gasteiger charge is -2.09. The van der Waals surface area contributed by atoms with Crippen LogP contribution in [-0.4, -0.2) is 26.2 Å². The van der Waals surface area contributed by atoms with E-state index in [-0.39, 0.29) is 5.91 Å². The van der Waals surface area contributed by atoms with E-state index in [1.165, 1.54) is 0 Å². The fourth-order valence-electron chi connectivity index (χ4n) is 1.81. The maximum atomic E-state index is 12.1. The predicted octanol–water partition coefficient (Wildman–Crippen LogP) is 4.30. The zero-order chi connectivity index (χ0) is 15.9. The minimum absolute atomic E-state index is 0.237. The van der Waals surface area contributed by atoms with Crippen molar-refractivity contribution in [2.75, 3.05) is 30.9 Å². The van der Waals surface area contributed by atoms with Crippen molar-refractivity contribution in [2.45, 2.75) is 0 Å². The molecule has 0 radical (unpaired) electrons. The van der Waals surface area contributed by atoms with Crippen LogP contribution in [0.5, 0.6) is 0 Å². The van der Waals surface area contributed by atoms with Crippen LogP contribution in [-0.2, 0) is 4.74 Å². The molecule has 0 bridgehead atoms. The first kappa shape index (κ1) is 16.6. The Labute approximate surface area is 139 Å². The molecule has 2 aromatic rings. The van der Waals surface area contributed by atoms with Crippen LogP contribution in [0.15, 0.2) is 42.5 Å². The van der Waals surface area contributed by atoms with Crippen molar-refractivity contribution in [1.82, 2.24) is 0 Å². The molecular formula is C16H16Cl2N2O2. The van der Waals surface area contributed by atoms with Crippen LogP contribution in [0, 0.1) is 0 Å². The number of anilines is 2. The molecule has 0 aliphatic rings. The van der Waals surface area contributed by atoms with E-state index in [4.69, 9.17) is 27.9 Å². The molecule has 2 rings (SSSR count). The molecule has 0 unspecified atom stereocenters. The lowest BCUT2D eigenvalue weighted by molar-refractivity contribution is 0.102. The van der Waals surface area contributed by atoms with Gasteiger partial charge in [0.05, 0.1) is 16.7 Å². The van der Waals surface area contributed by atoms with Gasteiger partial charge in [0.1, 0.15) is 0 Å². The van der Waals surface area contributed by atoms with Gasteiger partial charge in [-0.25, -0.2) is 0 Å². The van der Waals surface area contributed by atoms with Gasteiger partial charge in [0.15, 0.2) is 0 Å². The summed E-state index contributed by atoms with van der Waals surface area (Å²) in [5.41, 5.74) is 2.12.